The lowest BCUT2D eigenvalue weighted by molar-refractivity contribution is -0.0197. The summed E-state index contributed by atoms with van der Waals surface area (Å²) in [7, 11) is 0. The summed E-state index contributed by atoms with van der Waals surface area (Å²) in [4.78, 5) is 4.11. The number of aliphatic hydroxyl groups excluding tert-OH is 3. The highest BCUT2D eigenvalue weighted by atomic mass is 19.1. The molecule has 0 radical (unpaired) electrons. The quantitative estimate of drug-likeness (QED) is 0.463. The van der Waals surface area contributed by atoms with Gasteiger partial charge in [-0.3, -0.25) is 0 Å². The van der Waals surface area contributed by atoms with Crippen LogP contribution in [0, 0.1) is 17.7 Å². The van der Waals surface area contributed by atoms with Crippen LogP contribution in [0.15, 0.2) is 54.9 Å². The van der Waals surface area contributed by atoms with Gasteiger partial charge in [0, 0.05) is 23.5 Å². The molecule has 178 valence electrons. The monoisotopic (exact) mass is 466 g/mol. The molecule has 1 saturated heterocycles. The van der Waals surface area contributed by atoms with E-state index in [1.807, 2.05) is 30.3 Å². The molecule has 0 bridgehead atoms. The van der Waals surface area contributed by atoms with Gasteiger partial charge in [0.1, 0.15) is 36.0 Å². The van der Waals surface area contributed by atoms with Crippen molar-refractivity contribution in [1.29, 1.82) is 0 Å². The molecular weight excluding hydrogens is 439 g/mol. The van der Waals surface area contributed by atoms with E-state index in [0.29, 0.717) is 18.0 Å². The zero-order valence-corrected chi connectivity index (χ0v) is 18.8. The number of hydrogen-bond acceptors (Lipinski definition) is 6. The first-order valence-corrected chi connectivity index (χ1v) is 11.1. The molecule has 4 atom stereocenters. The van der Waals surface area contributed by atoms with Crippen LogP contribution in [-0.2, 0) is 16.1 Å². The minimum absolute atomic E-state index is 0.0610. The molecule has 0 amide bonds. The maximum atomic E-state index is 14.6. The molecule has 1 aromatic heterocycles. The van der Waals surface area contributed by atoms with Crippen molar-refractivity contribution >= 4 is 0 Å². The second-order valence-corrected chi connectivity index (χ2v) is 8.17. The van der Waals surface area contributed by atoms with E-state index in [9.17, 15) is 19.7 Å². The van der Waals surface area contributed by atoms with Crippen molar-refractivity contribution in [3.8, 4) is 23.0 Å². The van der Waals surface area contributed by atoms with Gasteiger partial charge in [-0.25, -0.2) is 9.37 Å². The summed E-state index contributed by atoms with van der Waals surface area (Å²) in [6.07, 6.45) is 1.34. The van der Waals surface area contributed by atoms with Gasteiger partial charge >= 0.3 is 0 Å². The van der Waals surface area contributed by atoms with Gasteiger partial charge in [0.15, 0.2) is 0 Å². The average Bonchev–Trinajstić information content (AvgIpc) is 3.48. The zero-order chi connectivity index (χ0) is 24.1. The van der Waals surface area contributed by atoms with E-state index >= 15 is 0 Å². The van der Waals surface area contributed by atoms with E-state index in [2.05, 4.69) is 16.8 Å². The number of nitrogens with zero attached hydrogens (tertiary/aromatic N) is 2. The van der Waals surface area contributed by atoms with E-state index in [-0.39, 0.29) is 25.6 Å². The first-order chi connectivity index (χ1) is 16.5. The Hall–Kier alpha value is -3.06. The fourth-order valence-electron chi connectivity index (χ4n) is 3.75. The van der Waals surface area contributed by atoms with Gasteiger partial charge in [-0.2, -0.15) is 0 Å². The summed E-state index contributed by atoms with van der Waals surface area (Å²) in [6.45, 7) is 1.99. The van der Waals surface area contributed by atoms with Gasteiger partial charge in [0.25, 0.3) is 0 Å². The Labute approximate surface area is 197 Å². The molecule has 8 heteroatoms. The average molecular weight is 467 g/mol. The molecule has 3 N–H and O–H groups in total. The fraction of sp³-hybridized carbons (Fsp3) is 0.346. The van der Waals surface area contributed by atoms with E-state index in [4.69, 9.17) is 9.47 Å². The molecule has 0 spiro atoms. The molecule has 2 aromatic carbocycles. The summed E-state index contributed by atoms with van der Waals surface area (Å²) >= 11 is 0. The SMILES string of the molecule is C[C@H](O)c1nccn1[C@@H](C#Cc1ccc(-c2ccc(COC3COCC3O)c(F)c2)cc1)CO. The summed E-state index contributed by atoms with van der Waals surface area (Å²) in [5.41, 5.74) is 2.71. The summed E-state index contributed by atoms with van der Waals surface area (Å²) < 4.78 is 27.0. The van der Waals surface area contributed by atoms with Gasteiger partial charge in [0.05, 0.1) is 26.4 Å². The van der Waals surface area contributed by atoms with Crippen molar-refractivity contribution in [3.05, 3.63) is 77.6 Å². The number of imidazole rings is 1. The minimum Gasteiger partial charge on any atom is -0.393 e. The van der Waals surface area contributed by atoms with Gasteiger partial charge < -0.3 is 29.4 Å². The number of halogens is 1. The highest BCUT2D eigenvalue weighted by molar-refractivity contribution is 5.65. The predicted octanol–water partition coefficient (Wildman–Crippen LogP) is 2.60. The first kappa shape index (κ1) is 24.1. The molecule has 2 heterocycles. The van der Waals surface area contributed by atoms with Crippen molar-refractivity contribution < 1.29 is 29.2 Å². The van der Waals surface area contributed by atoms with Crippen molar-refractivity contribution in [2.75, 3.05) is 19.8 Å². The van der Waals surface area contributed by atoms with Crippen molar-refractivity contribution in [3.63, 3.8) is 0 Å². The normalized spacial score (nSPS) is 19.4. The molecule has 34 heavy (non-hydrogen) atoms. The molecule has 0 saturated carbocycles. The lowest BCUT2D eigenvalue weighted by Gasteiger charge is -2.14. The van der Waals surface area contributed by atoms with Crippen molar-refractivity contribution in [2.24, 2.45) is 0 Å². The van der Waals surface area contributed by atoms with Crippen LogP contribution >= 0.6 is 0 Å². The Morgan fingerprint density at radius 2 is 1.97 bits per heavy atom. The van der Waals surface area contributed by atoms with Crippen LogP contribution in [0.3, 0.4) is 0 Å². The maximum absolute atomic E-state index is 14.6. The van der Waals surface area contributed by atoms with Crippen LogP contribution in [0.4, 0.5) is 4.39 Å². The number of benzene rings is 2. The van der Waals surface area contributed by atoms with E-state index in [0.717, 1.165) is 16.7 Å². The number of ether oxygens (including phenoxy) is 2. The largest absolute Gasteiger partial charge is 0.393 e. The standard InChI is InChI=1S/C26H27FN2O5/c1-17(31)26-28-10-11-29(26)22(13-30)9-4-18-2-5-19(6-3-18)20-7-8-21(23(27)12-20)14-34-25-16-33-15-24(25)32/h2-3,5-8,10-12,17,22,24-25,30-32H,13-16H2,1H3/t17-,22-,24?,25?/m0/s1. The van der Waals surface area contributed by atoms with Crippen LogP contribution < -0.4 is 0 Å². The Balaban J connectivity index is 1.43. The number of aliphatic hydroxyl groups is 3. The van der Waals surface area contributed by atoms with Crippen LogP contribution in [0.5, 0.6) is 0 Å². The Morgan fingerprint density at radius 3 is 2.62 bits per heavy atom. The smallest absolute Gasteiger partial charge is 0.138 e. The first-order valence-electron chi connectivity index (χ1n) is 11.1. The summed E-state index contributed by atoms with van der Waals surface area (Å²) in [5.74, 6) is 6.10. The van der Waals surface area contributed by atoms with Crippen LogP contribution in [0.1, 0.15) is 36.0 Å². The molecule has 2 unspecified atom stereocenters. The molecule has 1 aliphatic heterocycles. The summed E-state index contributed by atoms with van der Waals surface area (Å²) in [5, 5.41) is 29.3. The minimum atomic E-state index is -0.771. The van der Waals surface area contributed by atoms with Crippen LogP contribution in [0.25, 0.3) is 11.1 Å². The Morgan fingerprint density at radius 1 is 1.21 bits per heavy atom. The second kappa shape index (κ2) is 10.9. The lowest BCUT2D eigenvalue weighted by atomic mass is 10.0. The molecule has 7 nitrogen and oxygen atoms in total. The molecule has 0 aliphatic carbocycles. The number of rotatable bonds is 7. The Kier molecular flexibility index (Phi) is 7.73. The number of hydrogen-bond donors (Lipinski definition) is 3. The zero-order valence-electron chi connectivity index (χ0n) is 18.8. The summed E-state index contributed by atoms with van der Waals surface area (Å²) in [6, 6.07) is 11.8. The van der Waals surface area contributed by atoms with Gasteiger partial charge in [-0.15, -0.1) is 0 Å². The molecular formula is C26H27FN2O5. The second-order valence-electron chi connectivity index (χ2n) is 8.17. The van der Waals surface area contributed by atoms with Crippen molar-refractivity contribution in [2.45, 2.75) is 37.9 Å². The van der Waals surface area contributed by atoms with Gasteiger partial charge in [-0.05, 0) is 36.2 Å². The Bertz CT molecular complexity index is 1170. The number of aromatic nitrogens is 2. The lowest BCUT2D eigenvalue weighted by Crippen LogP contribution is -2.26. The third-order valence-corrected chi connectivity index (χ3v) is 5.69. The van der Waals surface area contributed by atoms with Crippen molar-refractivity contribution in [1.82, 2.24) is 9.55 Å². The highest BCUT2D eigenvalue weighted by Gasteiger charge is 2.27. The third kappa shape index (κ3) is 5.53. The third-order valence-electron chi connectivity index (χ3n) is 5.69. The van der Waals surface area contributed by atoms with Gasteiger partial charge in [0.2, 0.25) is 0 Å². The fourth-order valence-corrected chi connectivity index (χ4v) is 3.75. The van der Waals surface area contributed by atoms with Crippen LogP contribution in [-0.4, -0.2) is 56.9 Å². The molecule has 1 fully saturated rings. The van der Waals surface area contributed by atoms with Crippen LogP contribution in [0.2, 0.25) is 0 Å². The molecule has 3 aromatic rings. The topological polar surface area (TPSA) is 97.0 Å². The van der Waals surface area contributed by atoms with E-state index in [1.54, 1.807) is 30.0 Å². The highest BCUT2D eigenvalue weighted by Crippen LogP contribution is 2.24. The molecule has 1 aliphatic rings. The predicted molar refractivity (Wildman–Crippen MR) is 123 cm³/mol. The molecule has 4 rings (SSSR count). The van der Waals surface area contributed by atoms with E-state index < -0.39 is 24.4 Å². The van der Waals surface area contributed by atoms with Gasteiger partial charge in [-0.1, -0.05) is 36.1 Å². The van der Waals surface area contributed by atoms with E-state index in [1.165, 1.54) is 6.07 Å². The maximum Gasteiger partial charge on any atom is 0.138 e.